The molecule has 0 saturated heterocycles. The molecule has 0 amide bonds. The van der Waals surface area contributed by atoms with Gasteiger partial charge in [-0.2, -0.15) is 0 Å². The third-order valence-electron chi connectivity index (χ3n) is 3.33. The highest BCUT2D eigenvalue weighted by Crippen LogP contribution is 2.37. The molecule has 100 valence electrons. The molecule has 0 nitrogen and oxygen atoms in total. The Labute approximate surface area is 105 Å². The van der Waals surface area contributed by atoms with Crippen molar-refractivity contribution in [3.8, 4) is 0 Å². The van der Waals surface area contributed by atoms with E-state index in [0.29, 0.717) is 5.41 Å². The van der Waals surface area contributed by atoms with E-state index in [-0.39, 0.29) is 0 Å². The molecule has 0 aromatic heterocycles. The molecular weight excluding hydrogens is 192 g/mol. The van der Waals surface area contributed by atoms with Crippen molar-refractivity contribution in [2.45, 2.75) is 93.4 Å². The van der Waals surface area contributed by atoms with Crippen LogP contribution in [0.15, 0.2) is 0 Å². The van der Waals surface area contributed by atoms with Gasteiger partial charge in [0, 0.05) is 0 Å². The molecule has 0 unspecified atom stereocenters. The molecule has 1 aliphatic rings. The number of hydrogen-bond acceptors (Lipinski definition) is 0. The summed E-state index contributed by atoms with van der Waals surface area (Å²) >= 11 is 0. The molecule has 1 rings (SSSR count). The number of hydrogen-bond donors (Lipinski definition) is 0. The molecule has 0 N–H and O–H groups in total. The van der Waals surface area contributed by atoms with Crippen LogP contribution in [0.3, 0.4) is 0 Å². The topological polar surface area (TPSA) is 0 Å². The normalized spacial score (nSPS) is 16.7. The summed E-state index contributed by atoms with van der Waals surface area (Å²) in [4.78, 5) is 0. The molecule has 0 aromatic rings. The van der Waals surface area contributed by atoms with Gasteiger partial charge in [-0.15, -0.1) is 0 Å². The summed E-state index contributed by atoms with van der Waals surface area (Å²) < 4.78 is 0. The predicted octanol–water partition coefficient (Wildman–Crippen LogP) is 6.45. The van der Waals surface area contributed by atoms with E-state index in [1.165, 1.54) is 44.9 Å². The van der Waals surface area contributed by atoms with Crippen molar-refractivity contribution in [3.05, 3.63) is 0 Å². The highest BCUT2D eigenvalue weighted by molar-refractivity contribution is 4.76. The third kappa shape index (κ3) is 10.5. The highest BCUT2D eigenvalue weighted by Gasteiger charge is 2.25. The van der Waals surface area contributed by atoms with Crippen molar-refractivity contribution in [1.29, 1.82) is 0 Å². The van der Waals surface area contributed by atoms with Crippen LogP contribution >= 0.6 is 0 Å². The minimum Gasteiger partial charge on any atom is -0.0683 e. The fourth-order valence-corrected chi connectivity index (χ4v) is 1.97. The SMILES string of the molecule is CC.CC(C)(C)C1CCCCC1.CCCC. The molecule has 1 fully saturated rings. The maximum Gasteiger partial charge on any atom is -0.0354 e. The molecule has 16 heavy (non-hydrogen) atoms. The maximum atomic E-state index is 2.38. The first-order valence-electron chi connectivity index (χ1n) is 7.52. The summed E-state index contributed by atoms with van der Waals surface area (Å²) in [5, 5.41) is 0. The molecule has 1 aliphatic carbocycles. The van der Waals surface area contributed by atoms with Crippen molar-refractivity contribution in [2.24, 2.45) is 11.3 Å². The van der Waals surface area contributed by atoms with Crippen molar-refractivity contribution in [3.63, 3.8) is 0 Å². The molecule has 0 atom stereocenters. The third-order valence-corrected chi connectivity index (χ3v) is 3.33. The zero-order chi connectivity index (χ0) is 13.0. The number of rotatable bonds is 1. The fourth-order valence-electron chi connectivity index (χ4n) is 1.97. The lowest BCUT2D eigenvalue weighted by molar-refractivity contribution is 0.180. The summed E-state index contributed by atoms with van der Waals surface area (Å²) in [5.74, 6) is 1.00. The van der Waals surface area contributed by atoms with Crippen LogP contribution in [0, 0.1) is 11.3 Å². The van der Waals surface area contributed by atoms with E-state index < -0.39 is 0 Å². The van der Waals surface area contributed by atoms with Gasteiger partial charge in [0.2, 0.25) is 0 Å². The smallest absolute Gasteiger partial charge is 0.0354 e. The molecule has 0 aromatic carbocycles. The van der Waals surface area contributed by atoms with Gasteiger partial charge in [-0.05, 0) is 24.2 Å². The summed E-state index contributed by atoms with van der Waals surface area (Å²) in [6.45, 7) is 15.5. The second kappa shape index (κ2) is 11.5. The predicted molar refractivity (Wildman–Crippen MR) is 78.0 cm³/mol. The quantitative estimate of drug-likeness (QED) is 0.484. The Kier molecular flexibility index (Phi) is 13.2. The molecule has 0 aliphatic heterocycles. The van der Waals surface area contributed by atoms with Gasteiger partial charge in [0.05, 0.1) is 0 Å². The highest BCUT2D eigenvalue weighted by atomic mass is 14.3. The lowest BCUT2D eigenvalue weighted by Gasteiger charge is -2.33. The van der Waals surface area contributed by atoms with Gasteiger partial charge < -0.3 is 0 Å². The second-order valence-corrected chi connectivity index (χ2v) is 5.70. The van der Waals surface area contributed by atoms with E-state index in [1.54, 1.807) is 0 Å². The van der Waals surface area contributed by atoms with Crippen LogP contribution in [0.4, 0.5) is 0 Å². The van der Waals surface area contributed by atoms with E-state index in [1.807, 2.05) is 13.8 Å². The minimum absolute atomic E-state index is 0.570. The maximum absolute atomic E-state index is 2.38. The Morgan fingerprint density at radius 3 is 1.38 bits per heavy atom. The molecule has 0 bridgehead atoms. The van der Waals surface area contributed by atoms with Crippen LogP contribution in [0.1, 0.15) is 93.4 Å². The van der Waals surface area contributed by atoms with Crippen LogP contribution in [0.5, 0.6) is 0 Å². The summed E-state index contributed by atoms with van der Waals surface area (Å²) in [6.07, 6.45) is 10.0. The Morgan fingerprint density at radius 2 is 1.19 bits per heavy atom. The molecular formula is C16H36. The van der Waals surface area contributed by atoms with Gasteiger partial charge >= 0.3 is 0 Å². The zero-order valence-corrected chi connectivity index (χ0v) is 13.0. The average molecular weight is 228 g/mol. The van der Waals surface area contributed by atoms with Crippen molar-refractivity contribution < 1.29 is 0 Å². The first-order valence-corrected chi connectivity index (χ1v) is 7.52. The molecule has 0 spiro atoms. The second-order valence-electron chi connectivity index (χ2n) is 5.70. The van der Waals surface area contributed by atoms with Crippen molar-refractivity contribution in [1.82, 2.24) is 0 Å². The summed E-state index contributed by atoms with van der Waals surface area (Å²) in [7, 11) is 0. The summed E-state index contributed by atoms with van der Waals surface area (Å²) in [6, 6.07) is 0. The summed E-state index contributed by atoms with van der Waals surface area (Å²) in [5.41, 5.74) is 0.570. The zero-order valence-electron chi connectivity index (χ0n) is 13.0. The van der Waals surface area contributed by atoms with E-state index in [0.717, 1.165) is 5.92 Å². The Hall–Kier alpha value is 0. The first kappa shape index (κ1) is 18.4. The van der Waals surface area contributed by atoms with Crippen LogP contribution in [0.2, 0.25) is 0 Å². The Balaban J connectivity index is 0. The van der Waals surface area contributed by atoms with E-state index in [9.17, 15) is 0 Å². The Morgan fingerprint density at radius 1 is 0.812 bits per heavy atom. The van der Waals surface area contributed by atoms with Crippen LogP contribution in [-0.4, -0.2) is 0 Å². The van der Waals surface area contributed by atoms with Gasteiger partial charge in [0.25, 0.3) is 0 Å². The molecule has 0 heterocycles. The van der Waals surface area contributed by atoms with Gasteiger partial charge in [0.1, 0.15) is 0 Å². The fraction of sp³-hybridized carbons (Fsp3) is 1.00. The lowest BCUT2D eigenvalue weighted by atomic mass is 9.72. The molecule has 0 heteroatoms. The molecule has 1 saturated carbocycles. The lowest BCUT2D eigenvalue weighted by Crippen LogP contribution is -2.22. The van der Waals surface area contributed by atoms with Gasteiger partial charge in [-0.1, -0.05) is 80.6 Å². The monoisotopic (exact) mass is 228 g/mol. The van der Waals surface area contributed by atoms with Gasteiger partial charge in [-0.25, -0.2) is 0 Å². The van der Waals surface area contributed by atoms with Crippen molar-refractivity contribution >= 4 is 0 Å². The van der Waals surface area contributed by atoms with E-state index >= 15 is 0 Å². The Bertz CT molecular complexity index is 110. The van der Waals surface area contributed by atoms with E-state index in [4.69, 9.17) is 0 Å². The minimum atomic E-state index is 0.570. The molecule has 0 radical (unpaired) electrons. The van der Waals surface area contributed by atoms with Gasteiger partial charge in [0.15, 0.2) is 0 Å². The number of unbranched alkanes of at least 4 members (excludes halogenated alkanes) is 1. The van der Waals surface area contributed by atoms with E-state index in [2.05, 4.69) is 34.6 Å². The van der Waals surface area contributed by atoms with Crippen LogP contribution in [0.25, 0.3) is 0 Å². The largest absolute Gasteiger partial charge is 0.0683 e. The van der Waals surface area contributed by atoms with Crippen LogP contribution < -0.4 is 0 Å². The standard InChI is InChI=1S/C10H20.C4H10.C2H6/c1-10(2,3)9-7-5-4-6-8-9;1-3-4-2;1-2/h9H,4-8H2,1-3H3;3-4H2,1-2H3;1-2H3. The average Bonchev–Trinajstić information content (AvgIpc) is 2.32. The van der Waals surface area contributed by atoms with Crippen molar-refractivity contribution in [2.75, 3.05) is 0 Å². The van der Waals surface area contributed by atoms with Crippen LogP contribution in [-0.2, 0) is 0 Å². The van der Waals surface area contributed by atoms with Gasteiger partial charge in [-0.3, -0.25) is 0 Å². The first-order chi connectivity index (χ1) is 7.52.